The summed E-state index contributed by atoms with van der Waals surface area (Å²) >= 11 is 11.7. The van der Waals surface area contributed by atoms with Crippen LogP contribution in [0.25, 0.3) is 0 Å². The Hall–Kier alpha value is -2.14. The highest BCUT2D eigenvalue weighted by atomic mass is 35.5. The van der Waals surface area contributed by atoms with Crippen LogP contribution in [0.15, 0.2) is 58.3 Å². The number of hydrogen-bond acceptors (Lipinski definition) is 6. The minimum Gasteiger partial charge on any atom is -0.274 e. The van der Waals surface area contributed by atoms with E-state index >= 15 is 0 Å². The first-order valence-electron chi connectivity index (χ1n) is 9.63. The van der Waals surface area contributed by atoms with Crippen LogP contribution in [-0.2, 0) is 29.6 Å². The summed E-state index contributed by atoms with van der Waals surface area (Å²) in [5.41, 5.74) is 0. The van der Waals surface area contributed by atoms with E-state index < -0.39 is 31.9 Å². The maximum absolute atomic E-state index is 12.2. The lowest BCUT2D eigenvalue weighted by Gasteiger charge is -2.09. The first-order chi connectivity index (χ1) is 15.0. The SMILES string of the molecule is O=C(CCCCCCC(=O)NS(=O)(=O)c1ccccc1Cl)NS(=O)(=O)c1ccccc1Cl. The lowest BCUT2D eigenvalue weighted by atomic mass is 10.1. The van der Waals surface area contributed by atoms with Crippen LogP contribution in [0.2, 0.25) is 10.0 Å². The summed E-state index contributed by atoms with van der Waals surface area (Å²) in [6.45, 7) is 0. The summed E-state index contributed by atoms with van der Waals surface area (Å²) in [7, 11) is -8.09. The Balaban J connectivity index is 1.69. The van der Waals surface area contributed by atoms with Crippen molar-refractivity contribution < 1.29 is 26.4 Å². The van der Waals surface area contributed by atoms with Crippen LogP contribution >= 0.6 is 23.2 Å². The van der Waals surface area contributed by atoms with Crippen molar-refractivity contribution in [3.63, 3.8) is 0 Å². The van der Waals surface area contributed by atoms with Crippen LogP contribution in [0.4, 0.5) is 0 Å². The highest BCUT2D eigenvalue weighted by Gasteiger charge is 2.21. The summed E-state index contributed by atoms with van der Waals surface area (Å²) in [5, 5.41) is 0.0326. The van der Waals surface area contributed by atoms with Crippen LogP contribution in [-0.4, -0.2) is 28.6 Å². The molecule has 2 N–H and O–H groups in total. The van der Waals surface area contributed by atoms with Gasteiger partial charge in [-0.3, -0.25) is 9.59 Å². The fraction of sp³-hybridized carbons (Fsp3) is 0.300. The standard InChI is InChI=1S/C20H22Cl2N2O6S2/c21-15-9-5-7-11-17(15)31(27,28)23-19(25)13-3-1-2-4-14-20(26)24-32(29,30)18-12-8-6-10-16(18)22/h5-12H,1-4,13-14H2,(H,23,25)(H,24,26). The van der Waals surface area contributed by atoms with Gasteiger partial charge in [0.1, 0.15) is 9.79 Å². The summed E-state index contributed by atoms with van der Waals surface area (Å²) < 4.78 is 52.7. The van der Waals surface area contributed by atoms with E-state index in [1.807, 2.05) is 9.44 Å². The average molecular weight is 521 g/mol. The van der Waals surface area contributed by atoms with E-state index in [0.29, 0.717) is 25.7 Å². The van der Waals surface area contributed by atoms with Crippen molar-refractivity contribution in [2.45, 2.75) is 48.3 Å². The molecule has 2 aromatic rings. The van der Waals surface area contributed by atoms with Crippen molar-refractivity contribution in [1.29, 1.82) is 0 Å². The molecule has 12 heteroatoms. The number of hydrogen-bond donors (Lipinski definition) is 2. The summed E-state index contributed by atoms with van der Waals surface area (Å²) in [5.74, 6) is -1.32. The van der Waals surface area contributed by atoms with Crippen LogP contribution in [0.1, 0.15) is 38.5 Å². The molecular formula is C20H22Cl2N2O6S2. The number of unbranched alkanes of at least 4 members (excludes halogenated alkanes) is 3. The number of amides is 2. The molecule has 0 spiro atoms. The molecule has 0 aliphatic carbocycles. The van der Waals surface area contributed by atoms with Gasteiger partial charge in [-0.15, -0.1) is 0 Å². The van der Waals surface area contributed by atoms with Gasteiger partial charge in [-0.2, -0.15) is 0 Å². The molecule has 32 heavy (non-hydrogen) atoms. The van der Waals surface area contributed by atoms with Gasteiger partial charge in [-0.1, -0.05) is 60.3 Å². The second kappa shape index (κ2) is 11.6. The summed E-state index contributed by atoms with van der Waals surface area (Å²) in [4.78, 5) is 23.5. The molecule has 0 aliphatic rings. The van der Waals surface area contributed by atoms with Gasteiger partial charge < -0.3 is 0 Å². The molecule has 0 heterocycles. The molecule has 0 fully saturated rings. The zero-order valence-electron chi connectivity index (χ0n) is 16.9. The second-order valence-corrected chi connectivity index (χ2v) is 10.9. The highest BCUT2D eigenvalue weighted by Crippen LogP contribution is 2.21. The molecular weight excluding hydrogens is 499 g/mol. The molecule has 0 radical (unpaired) electrons. The first-order valence-corrected chi connectivity index (χ1v) is 13.4. The van der Waals surface area contributed by atoms with Gasteiger partial charge in [-0.25, -0.2) is 26.3 Å². The lowest BCUT2D eigenvalue weighted by molar-refractivity contribution is -0.120. The van der Waals surface area contributed by atoms with E-state index in [1.165, 1.54) is 36.4 Å². The molecule has 2 aromatic carbocycles. The van der Waals surface area contributed by atoms with E-state index in [4.69, 9.17) is 23.2 Å². The third-order valence-corrected chi connectivity index (χ3v) is 8.05. The van der Waals surface area contributed by atoms with E-state index in [0.717, 1.165) is 0 Å². The number of carbonyl (C=O) groups excluding carboxylic acids is 2. The number of halogens is 2. The van der Waals surface area contributed by atoms with Gasteiger partial charge in [0, 0.05) is 12.8 Å². The first kappa shape index (κ1) is 26.1. The zero-order chi connectivity index (χ0) is 23.8. The number of benzene rings is 2. The largest absolute Gasteiger partial charge is 0.274 e. The Kier molecular flexibility index (Phi) is 9.50. The fourth-order valence-electron chi connectivity index (χ4n) is 2.76. The highest BCUT2D eigenvalue weighted by molar-refractivity contribution is 7.90. The Labute approximate surface area is 197 Å². The molecule has 0 saturated heterocycles. The maximum atomic E-state index is 12.2. The van der Waals surface area contributed by atoms with E-state index in [9.17, 15) is 26.4 Å². The van der Waals surface area contributed by atoms with Crippen molar-refractivity contribution >= 4 is 55.1 Å². The average Bonchev–Trinajstić information content (AvgIpc) is 2.70. The minimum absolute atomic E-state index is 0.0163. The van der Waals surface area contributed by atoms with Crippen molar-refractivity contribution in [2.75, 3.05) is 0 Å². The van der Waals surface area contributed by atoms with Crippen molar-refractivity contribution in [1.82, 2.24) is 9.44 Å². The smallest absolute Gasteiger partial charge is 0.265 e. The number of carbonyl (C=O) groups is 2. The topological polar surface area (TPSA) is 126 Å². The number of nitrogens with one attached hydrogen (secondary N) is 2. The molecule has 0 aromatic heterocycles. The molecule has 2 rings (SSSR count). The van der Waals surface area contributed by atoms with Crippen LogP contribution in [0.3, 0.4) is 0 Å². The van der Waals surface area contributed by atoms with E-state index in [-0.39, 0.29) is 32.7 Å². The predicted octanol–water partition coefficient (Wildman–Crippen LogP) is 3.64. The van der Waals surface area contributed by atoms with Gasteiger partial charge in [0.25, 0.3) is 20.0 Å². The lowest BCUT2D eigenvalue weighted by Crippen LogP contribution is -2.30. The molecule has 0 atom stereocenters. The third-order valence-electron chi connectivity index (χ3n) is 4.31. The van der Waals surface area contributed by atoms with Gasteiger partial charge in [0.2, 0.25) is 11.8 Å². The monoisotopic (exact) mass is 520 g/mol. The Bertz CT molecular complexity index is 1090. The van der Waals surface area contributed by atoms with Crippen LogP contribution < -0.4 is 9.44 Å². The Morgan fingerprint density at radius 1 is 0.625 bits per heavy atom. The van der Waals surface area contributed by atoms with Gasteiger partial charge >= 0.3 is 0 Å². The Morgan fingerprint density at radius 2 is 0.969 bits per heavy atom. The van der Waals surface area contributed by atoms with Crippen molar-refractivity contribution in [2.24, 2.45) is 0 Å². The molecule has 0 aliphatic heterocycles. The van der Waals surface area contributed by atoms with Gasteiger partial charge in [0.05, 0.1) is 10.0 Å². The summed E-state index contributed by atoms with van der Waals surface area (Å²) in [6, 6.07) is 11.6. The second-order valence-electron chi connectivity index (χ2n) is 6.83. The fourth-order valence-corrected chi connectivity index (χ4v) is 5.83. The van der Waals surface area contributed by atoms with Gasteiger partial charge in [-0.05, 0) is 37.1 Å². The van der Waals surface area contributed by atoms with E-state index in [2.05, 4.69) is 0 Å². The van der Waals surface area contributed by atoms with E-state index in [1.54, 1.807) is 12.1 Å². The van der Waals surface area contributed by atoms with Gasteiger partial charge in [0.15, 0.2) is 0 Å². The molecule has 2 amide bonds. The van der Waals surface area contributed by atoms with Crippen molar-refractivity contribution in [3.05, 3.63) is 58.6 Å². The predicted molar refractivity (Wildman–Crippen MR) is 121 cm³/mol. The molecule has 174 valence electrons. The molecule has 0 saturated carbocycles. The third kappa shape index (κ3) is 7.77. The molecule has 0 bridgehead atoms. The van der Waals surface area contributed by atoms with Crippen molar-refractivity contribution in [3.8, 4) is 0 Å². The normalized spacial score (nSPS) is 11.7. The molecule has 0 unspecified atom stereocenters. The minimum atomic E-state index is -4.04. The quantitative estimate of drug-likeness (QED) is 0.435. The maximum Gasteiger partial charge on any atom is 0.265 e. The van der Waals surface area contributed by atoms with Crippen LogP contribution in [0.5, 0.6) is 0 Å². The number of rotatable bonds is 11. The zero-order valence-corrected chi connectivity index (χ0v) is 20.0. The molecule has 8 nitrogen and oxygen atoms in total. The Morgan fingerprint density at radius 3 is 1.31 bits per heavy atom. The van der Waals surface area contributed by atoms with Crippen LogP contribution in [0, 0.1) is 0 Å². The summed E-state index contributed by atoms with van der Waals surface area (Å²) in [6.07, 6.45) is 1.90. The number of sulfonamides is 2.